The maximum Gasteiger partial charge on any atom is 0.158 e. The summed E-state index contributed by atoms with van der Waals surface area (Å²) < 4.78 is 24.8. The largest absolute Gasteiger partial charge is 0.495 e. The van der Waals surface area contributed by atoms with Crippen molar-refractivity contribution in [3.8, 4) is 17.9 Å². The molecule has 14 heteroatoms. The number of azo groups is 1. The molecule has 2 aromatic rings. The Morgan fingerprint density at radius 1 is 0.787 bits per heavy atom. The second-order valence-corrected chi connectivity index (χ2v) is 13.5. The molecule has 0 aliphatic carbocycles. The third-order valence-electron chi connectivity index (χ3n) is 7.90. The van der Waals surface area contributed by atoms with E-state index >= 15 is 0 Å². The van der Waals surface area contributed by atoms with Crippen molar-refractivity contribution in [2.45, 2.75) is 13.8 Å². The number of aliphatic hydroxyl groups excluding tert-OH is 2. The number of hydrogen-bond donors (Lipinski definition) is 2. The molecule has 0 saturated heterocycles. The van der Waals surface area contributed by atoms with Gasteiger partial charge in [-0.05, 0) is 31.0 Å². The van der Waals surface area contributed by atoms with Gasteiger partial charge in [0.25, 0.3) is 0 Å². The fraction of sp³-hybridized carbons (Fsp3) is 0.636. The van der Waals surface area contributed by atoms with Crippen molar-refractivity contribution in [1.29, 1.82) is 10.5 Å². The Balaban J connectivity index is 2.12. The molecule has 0 aliphatic rings. The summed E-state index contributed by atoms with van der Waals surface area (Å²) >= 11 is 1.15. The lowest BCUT2D eigenvalue weighted by molar-refractivity contribution is -0.891. The second-order valence-electron chi connectivity index (χ2n) is 12.5. The predicted octanol–water partition coefficient (Wildman–Crippen LogP) is 3.53. The highest BCUT2D eigenvalue weighted by Crippen LogP contribution is 2.38. The minimum absolute atomic E-state index is 0.134. The van der Waals surface area contributed by atoms with E-state index in [2.05, 4.69) is 55.5 Å². The van der Waals surface area contributed by atoms with Gasteiger partial charge in [0.05, 0.1) is 105 Å². The van der Waals surface area contributed by atoms with Gasteiger partial charge in [0, 0.05) is 19.2 Å². The summed E-state index contributed by atoms with van der Waals surface area (Å²) in [5, 5.41) is 46.6. The van der Waals surface area contributed by atoms with Crippen LogP contribution in [0.3, 0.4) is 0 Å². The Kier molecular flexibility index (Phi) is 17.2. The molecule has 0 aliphatic heterocycles. The van der Waals surface area contributed by atoms with Gasteiger partial charge in [-0.3, -0.25) is 0 Å². The van der Waals surface area contributed by atoms with Gasteiger partial charge < -0.3 is 43.0 Å². The van der Waals surface area contributed by atoms with E-state index in [-0.39, 0.29) is 13.2 Å². The topological polar surface area (TPSA) is 153 Å². The summed E-state index contributed by atoms with van der Waals surface area (Å²) in [5.41, 5.74) is 3.29. The summed E-state index contributed by atoms with van der Waals surface area (Å²) in [5.74, 6) is 0.609. The zero-order chi connectivity index (χ0) is 34.9. The zero-order valence-electron chi connectivity index (χ0n) is 29.1. The number of aliphatic hydroxyl groups is 2. The van der Waals surface area contributed by atoms with Gasteiger partial charge in [0.15, 0.2) is 5.00 Å². The van der Waals surface area contributed by atoms with Crippen molar-refractivity contribution < 1.29 is 38.1 Å². The van der Waals surface area contributed by atoms with Crippen LogP contribution in [0.2, 0.25) is 0 Å². The normalized spacial score (nSPS) is 12.0. The zero-order valence-corrected chi connectivity index (χ0v) is 29.9. The second kappa shape index (κ2) is 20.2. The van der Waals surface area contributed by atoms with Crippen molar-refractivity contribution in [2.75, 3.05) is 132 Å². The van der Waals surface area contributed by atoms with Crippen LogP contribution in [-0.4, -0.2) is 147 Å². The molecule has 0 saturated carbocycles. The van der Waals surface area contributed by atoms with Crippen LogP contribution in [-0.2, 0) is 14.2 Å². The quantitative estimate of drug-likeness (QED) is 0.102. The molecular formula is C33H53N7O6S+2. The van der Waals surface area contributed by atoms with Crippen LogP contribution in [0.4, 0.5) is 16.4 Å². The van der Waals surface area contributed by atoms with Crippen molar-refractivity contribution in [2.24, 2.45) is 10.2 Å². The molecule has 1 heterocycles. The van der Waals surface area contributed by atoms with Crippen molar-refractivity contribution >= 4 is 27.7 Å². The van der Waals surface area contributed by atoms with E-state index in [0.717, 1.165) is 35.7 Å². The van der Waals surface area contributed by atoms with Crippen LogP contribution in [0.1, 0.15) is 21.6 Å². The molecule has 0 amide bonds. The first-order chi connectivity index (χ1) is 22.4. The molecule has 2 N–H and O–H groups in total. The summed E-state index contributed by atoms with van der Waals surface area (Å²) in [4.78, 5) is 2.61. The standard InChI is InChI=1S/C33H53N7O6S/c1-26-22-30(31(43-7)23-29(26)36-37-33-28(24-34)27(2)32(25-35)47-33)38(8-16-44-18-12-39(3,4)10-14-41)9-17-45-20-21-46-19-13-40(5,6)11-15-42/h22-23,41-42H,8-21H2,1-7H3/q+2. The lowest BCUT2D eigenvalue weighted by atomic mass is 10.1. The van der Waals surface area contributed by atoms with E-state index < -0.39 is 0 Å². The lowest BCUT2D eigenvalue weighted by Crippen LogP contribution is -2.44. The van der Waals surface area contributed by atoms with E-state index in [0.29, 0.717) is 107 Å². The number of quaternary nitrogens is 2. The molecule has 2 rings (SSSR count). The molecule has 1 aromatic carbocycles. The monoisotopic (exact) mass is 675 g/mol. The lowest BCUT2D eigenvalue weighted by Gasteiger charge is -2.29. The van der Waals surface area contributed by atoms with Crippen molar-refractivity contribution in [3.63, 3.8) is 0 Å². The highest BCUT2D eigenvalue weighted by Gasteiger charge is 2.19. The number of benzene rings is 1. The van der Waals surface area contributed by atoms with Crippen LogP contribution in [0.15, 0.2) is 22.4 Å². The van der Waals surface area contributed by atoms with Gasteiger partial charge in [0.1, 0.15) is 48.9 Å². The Bertz CT molecular complexity index is 1370. The molecule has 0 unspecified atom stereocenters. The molecule has 0 bridgehead atoms. The average molecular weight is 676 g/mol. The van der Waals surface area contributed by atoms with Crippen LogP contribution in [0.5, 0.6) is 5.75 Å². The van der Waals surface area contributed by atoms with Crippen LogP contribution < -0.4 is 9.64 Å². The summed E-state index contributed by atoms with van der Waals surface area (Å²) in [6.45, 7) is 11.2. The molecular weight excluding hydrogens is 622 g/mol. The van der Waals surface area contributed by atoms with Gasteiger partial charge in [-0.1, -0.05) is 0 Å². The highest BCUT2D eigenvalue weighted by molar-refractivity contribution is 7.16. The minimum atomic E-state index is 0.134. The molecule has 0 radical (unpaired) electrons. The molecule has 0 spiro atoms. The summed E-state index contributed by atoms with van der Waals surface area (Å²) in [7, 11) is 9.87. The Hall–Kier alpha value is -3.18. The smallest absolute Gasteiger partial charge is 0.158 e. The molecule has 0 fully saturated rings. The Morgan fingerprint density at radius 3 is 1.85 bits per heavy atom. The van der Waals surface area contributed by atoms with Crippen molar-refractivity contribution in [3.05, 3.63) is 33.7 Å². The van der Waals surface area contributed by atoms with Crippen LogP contribution in [0, 0.1) is 36.5 Å². The SMILES string of the molecule is COc1cc(N=Nc2sc(C#N)c(C)c2C#N)c(C)cc1N(CCOCCOCC[N+](C)(C)CCO)CCOCC[N+](C)(C)CCO. The maximum atomic E-state index is 9.57. The molecule has 0 atom stereocenters. The first kappa shape index (κ1) is 40.0. The fourth-order valence-electron chi connectivity index (χ4n) is 4.60. The average Bonchev–Trinajstić information content (AvgIpc) is 3.34. The molecule has 260 valence electrons. The van der Waals surface area contributed by atoms with E-state index in [1.165, 1.54) is 0 Å². The van der Waals surface area contributed by atoms with E-state index in [1.54, 1.807) is 14.0 Å². The van der Waals surface area contributed by atoms with E-state index in [4.69, 9.17) is 18.9 Å². The Labute approximate surface area is 283 Å². The minimum Gasteiger partial charge on any atom is -0.495 e. The number of hydrogen-bond acceptors (Lipinski definition) is 12. The van der Waals surface area contributed by atoms with E-state index in [1.807, 2.05) is 19.1 Å². The predicted molar refractivity (Wildman–Crippen MR) is 183 cm³/mol. The number of methoxy groups -OCH3 is 1. The molecule has 47 heavy (non-hydrogen) atoms. The highest BCUT2D eigenvalue weighted by atomic mass is 32.1. The maximum absolute atomic E-state index is 9.57. The van der Waals surface area contributed by atoms with Gasteiger partial charge >= 0.3 is 0 Å². The molecule has 1 aromatic heterocycles. The number of thiophene rings is 1. The van der Waals surface area contributed by atoms with Gasteiger partial charge in [-0.25, -0.2) is 0 Å². The van der Waals surface area contributed by atoms with Gasteiger partial charge in [0.2, 0.25) is 0 Å². The number of ether oxygens (including phenoxy) is 4. The first-order valence-corrected chi connectivity index (χ1v) is 16.6. The number of aryl methyl sites for hydroxylation is 1. The summed E-state index contributed by atoms with van der Waals surface area (Å²) in [6, 6.07) is 8.06. The molecule has 13 nitrogen and oxygen atoms in total. The third-order valence-corrected chi connectivity index (χ3v) is 8.98. The fourth-order valence-corrected chi connectivity index (χ4v) is 5.48. The van der Waals surface area contributed by atoms with Crippen LogP contribution >= 0.6 is 11.3 Å². The number of nitrogens with zero attached hydrogens (tertiary/aromatic N) is 7. The number of likely N-dealkylation sites (N-methyl/N-ethyl adjacent to an activating group) is 2. The number of nitriles is 2. The Morgan fingerprint density at radius 2 is 1.34 bits per heavy atom. The van der Waals surface area contributed by atoms with Gasteiger partial charge in [-0.15, -0.1) is 21.6 Å². The third kappa shape index (κ3) is 13.5. The van der Waals surface area contributed by atoms with Crippen LogP contribution in [0.25, 0.3) is 0 Å². The van der Waals surface area contributed by atoms with Crippen molar-refractivity contribution in [1.82, 2.24) is 0 Å². The number of rotatable bonds is 23. The summed E-state index contributed by atoms with van der Waals surface area (Å²) in [6.07, 6.45) is 0. The van der Waals surface area contributed by atoms with Gasteiger partial charge in [-0.2, -0.15) is 10.5 Å². The van der Waals surface area contributed by atoms with E-state index in [9.17, 15) is 20.7 Å². The first-order valence-electron chi connectivity index (χ1n) is 15.8. The number of anilines is 1.